The van der Waals surface area contributed by atoms with Crippen molar-refractivity contribution >= 4 is 34.8 Å². The number of ether oxygens (including phenoxy) is 2. The van der Waals surface area contributed by atoms with Crippen molar-refractivity contribution in [1.29, 1.82) is 0 Å². The smallest absolute Gasteiger partial charge is 0.199 e. The average molecular weight is 461 g/mol. The highest BCUT2D eigenvalue weighted by Crippen LogP contribution is 2.37. The van der Waals surface area contributed by atoms with E-state index in [1.165, 1.54) is 0 Å². The third-order valence-electron chi connectivity index (χ3n) is 5.10. The molecule has 2 heterocycles. The van der Waals surface area contributed by atoms with Gasteiger partial charge in [-0.25, -0.2) is 0 Å². The lowest BCUT2D eigenvalue weighted by Gasteiger charge is -2.26. The van der Waals surface area contributed by atoms with Crippen LogP contribution in [0.4, 0.5) is 5.82 Å². The third-order valence-corrected chi connectivity index (χ3v) is 5.73. The lowest BCUT2D eigenvalue weighted by molar-refractivity contribution is 0.0322. The number of hydrogen-bond acceptors (Lipinski definition) is 6. The van der Waals surface area contributed by atoms with Crippen LogP contribution in [-0.4, -0.2) is 60.3 Å². The SMILES string of the molecule is Nc1[nH]nc(-c2c(Cl)cccc2Cl)c1C(=O)c1cccc(OCCN2CCOCC2)c1. The van der Waals surface area contributed by atoms with Crippen LogP contribution in [0.15, 0.2) is 42.5 Å². The maximum Gasteiger partial charge on any atom is 0.199 e. The summed E-state index contributed by atoms with van der Waals surface area (Å²) in [6.07, 6.45) is 0. The molecule has 3 N–H and O–H groups in total. The highest BCUT2D eigenvalue weighted by Gasteiger charge is 2.24. The van der Waals surface area contributed by atoms with Crippen LogP contribution < -0.4 is 10.5 Å². The van der Waals surface area contributed by atoms with Crippen molar-refractivity contribution in [2.24, 2.45) is 0 Å². The van der Waals surface area contributed by atoms with Crippen molar-refractivity contribution in [2.75, 3.05) is 45.2 Å². The molecule has 0 saturated carbocycles. The van der Waals surface area contributed by atoms with E-state index in [-0.39, 0.29) is 17.2 Å². The number of nitrogens with zero attached hydrogens (tertiary/aromatic N) is 2. The Kier molecular flexibility index (Phi) is 6.77. The number of aromatic nitrogens is 2. The molecule has 3 aromatic rings. The molecule has 4 rings (SSSR count). The van der Waals surface area contributed by atoms with Crippen molar-refractivity contribution < 1.29 is 14.3 Å². The lowest BCUT2D eigenvalue weighted by Crippen LogP contribution is -2.38. The first-order valence-corrected chi connectivity index (χ1v) is 10.7. The Morgan fingerprint density at radius 1 is 1.16 bits per heavy atom. The van der Waals surface area contributed by atoms with Crippen molar-refractivity contribution in [3.05, 3.63) is 63.6 Å². The van der Waals surface area contributed by atoms with Gasteiger partial charge in [0.15, 0.2) is 5.78 Å². The Morgan fingerprint density at radius 2 is 1.87 bits per heavy atom. The number of morpholine rings is 1. The van der Waals surface area contributed by atoms with E-state index in [1.807, 2.05) is 6.07 Å². The number of halogens is 2. The maximum absolute atomic E-state index is 13.3. The predicted octanol–water partition coefficient (Wildman–Crippen LogP) is 3.91. The van der Waals surface area contributed by atoms with Crippen molar-refractivity contribution in [3.63, 3.8) is 0 Å². The fourth-order valence-corrected chi connectivity index (χ4v) is 4.06. The number of nitrogens with one attached hydrogen (secondary N) is 1. The van der Waals surface area contributed by atoms with E-state index in [1.54, 1.807) is 36.4 Å². The Morgan fingerprint density at radius 3 is 2.61 bits per heavy atom. The largest absolute Gasteiger partial charge is 0.492 e. The molecule has 0 radical (unpaired) electrons. The molecule has 0 amide bonds. The molecule has 7 nitrogen and oxygen atoms in total. The molecule has 0 atom stereocenters. The van der Waals surface area contributed by atoms with Gasteiger partial charge in [0.25, 0.3) is 0 Å². The van der Waals surface area contributed by atoms with Gasteiger partial charge in [-0.1, -0.05) is 41.4 Å². The van der Waals surface area contributed by atoms with E-state index in [2.05, 4.69) is 15.1 Å². The zero-order chi connectivity index (χ0) is 21.8. The first-order chi connectivity index (χ1) is 15.0. The molecule has 0 spiro atoms. The second-order valence-electron chi connectivity index (χ2n) is 7.12. The van der Waals surface area contributed by atoms with Gasteiger partial charge < -0.3 is 15.2 Å². The van der Waals surface area contributed by atoms with Gasteiger partial charge in [0.05, 0.1) is 28.8 Å². The zero-order valence-electron chi connectivity index (χ0n) is 16.7. The topological polar surface area (TPSA) is 93.5 Å². The summed E-state index contributed by atoms with van der Waals surface area (Å²) in [5.74, 6) is 0.462. The molecule has 1 saturated heterocycles. The normalized spacial score (nSPS) is 14.5. The van der Waals surface area contributed by atoms with Crippen LogP contribution in [0.1, 0.15) is 15.9 Å². The first kappa shape index (κ1) is 21.6. The number of aromatic amines is 1. The minimum absolute atomic E-state index is 0.148. The van der Waals surface area contributed by atoms with Crippen LogP contribution in [0, 0.1) is 0 Å². The molecular formula is C22H22Cl2N4O3. The Hall–Kier alpha value is -2.58. The summed E-state index contributed by atoms with van der Waals surface area (Å²) in [4.78, 5) is 15.6. The van der Waals surface area contributed by atoms with Crippen LogP contribution in [0.25, 0.3) is 11.3 Å². The number of nitrogen functional groups attached to an aromatic ring is 1. The quantitative estimate of drug-likeness (QED) is 0.519. The number of nitrogens with two attached hydrogens (primary N) is 1. The number of ketones is 1. The number of carbonyl (C=O) groups is 1. The number of H-pyrrole nitrogens is 1. The summed E-state index contributed by atoms with van der Waals surface area (Å²) in [5.41, 5.74) is 7.48. The molecular weight excluding hydrogens is 439 g/mol. The number of benzene rings is 2. The standard InChI is InChI=1S/C22H22Cl2N4O3/c23-16-5-2-6-17(24)18(16)20-19(22(25)27-26-20)21(29)14-3-1-4-15(13-14)31-12-9-28-7-10-30-11-8-28/h1-6,13H,7-12H2,(H3,25,26,27). The molecule has 31 heavy (non-hydrogen) atoms. The van der Waals surface area contributed by atoms with Crippen LogP contribution in [0.2, 0.25) is 10.0 Å². The monoisotopic (exact) mass is 460 g/mol. The van der Waals surface area contributed by atoms with Gasteiger partial charge in [-0.15, -0.1) is 0 Å². The molecule has 1 aliphatic heterocycles. The van der Waals surface area contributed by atoms with Crippen molar-refractivity contribution in [3.8, 4) is 17.0 Å². The van der Waals surface area contributed by atoms with Crippen LogP contribution >= 0.6 is 23.2 Å². The zero-order valence-corrected chi connectivity index (χ0v) is 18.2. The van der Waals surface area contributed by atoms with Gasteiger partial charge in [0.2, 0.25) is 0 Å². The number of hydrogen-bond donors (Lipinski definition) is 2. The van der Waals surface area contributed by atoms with Gasteiger partial charge in [-0.05, 0) is 24.3 Å². The van der Waals surface area contributed by atoms with Crippen LogP contribution in [-0.2, 0) is 4.74 Å². The van der Waals surface area contributed by atoms with Gasteiger partial charge in [0.1, 0.15) is 23.9 Å². The van der Waals surface area contributed by atoms with Crippen LogP contribution in [0.3, 0.4) is 0 Å². The van der Waals surface area contributed by atoms with E-state index in [4.69, 9.17) is 38.4 Å². The fraction of sp³-hybridized carbons (Fsp3) is 0.273. The summed E-state index contributed by atoms with van der Waals surface area (Å²) >= 11 is 12.6. The summed E-state index contributed by atoms with van der Waals surface area (Å²) in [6, 6.07) is 12.1. The molecule has 162 valence electrons. The van der Waals surface area contributed by atoms with Crippen molar-refractivity contribution in [1.82, 2.24) is 15.1 Å². The van der Waals surface area contributed by atoms with Gasteiger partial charge >= 0.3 is 0 Å². The first-order valence-electron chi connectivity index (χ1n) is 9.90. The summed E-state index contributed by atoms with van der Waals surface area (Å²) < 4.78 is 11.2. The highest BCUT2D eigenvalue weighted by atomic mass is 35.5. The minimum Gasteiger partial charge on any atom is -0.492 e. The van der Waals surface area contributed by atoms with E-state index >= 15 is 0 Å². The molecule has 2 aromatic carbocycles. The fourth-order valence-electron chi connectivity index (χ4n) is 3.48. The minimum atomic E-state index is -0.295. The molecule has 1 aliphatic rings. The molecule has 1 fully saturated rings. The van der Waals surface area contributed by atoms with Gasteiger partial charge in [-0.3, -0.25) is 14.8 Å². The van der Waals surface area contributed by atoms with E-state index in [0.717, 1.165) is 32.8 Å². The summed E-state index contributed by atoms with van der Waals surface area (Å²) in [6.45, 7) is 4.60. The van der Waals surface area contributed by atoms with Crippen molar-refractivity contribution in [2.45, 2.75) is 0 Å². The predicted molar refractivity (Wildman–Crippen MR) is 121 cm³/mol. The van der Waals surface area contributed by atoms with Gasteiger partial charge in [0, 0.05) is 30.8 Å². The van der Waals surface area contributed by atoms with E-state index in [9.17, 15) is 4.79 Å². The van der Waals surface area contributed by atoms with E-state index < -0.39 is 0 Å². The maximum atomic E-state index is 13.3. The Bertz CT molecular complexity index is 1060. The molecule has 0 aliphatic carbocycles. The lowest BCUT2D eigenvalue weighted by atomic mass is 9.99. The second kappa shape index (κ2) is 9.70. The average Bonchev–Trinajstić information content (AvgIpc) is 3.15. The summed E-state index contributed by atoms with van der Waals surface area (Å²) in [5, 5.41) is 7.63. The number of rotatable bonds is 7. The Balaban J connectivity index is 1.54. The molecule has 0 unspecified atom stereocenters. The molecule has 1 aromatic heterocycles. The highest BCUT2D eigenvalue weighted by molar-refractivity contribution is 6.39. The molecule has 0 bridgehead atoms. The second-order valence-corrected chi connectivity index (χ2v) is 7.93. The number of anilines is 1. The van der Waals surface area contributed by atoms with E-state index in [0.29, 0.717) is 39.2 Å². The number of carbonyl (C=O) groups excluding carboxylic acids is 1. The summed E-state index contributed by atoms with van der Waals surface area (Å²) in [7, 11) is 0. The Labute approximate surface area is 190 Å². The molecule has 9 heteroatoms. The van der Waals surface area contributed by atoms with Crippen LogP contribution in [0.5, 0.6) is 5.75 Å². The van der Waals surface area contributed by atoms with Gasteiger partial charge in [-0.2, -0.15) is 5.10 Å². The third kappa shape index (κ3) is 4.85.